The predicted octanol–water partition coefficient (Wildman–Crippen LogP) is 8.37. The molecule has 0 spiro atoms. The summed E-state index contributed by atoms with van der Waals surface area (Å²) >= 11 is 14.2. The molecule has 4 atom stereocenters. The van der Waals surface area contributed by atoms with E-state index < -0.39 is 17.5 Å². The summed E-state index contributed by atoms with van der Waals surface area (Å²) < 4.78 is 44.3. The number of benzene rings is 3. The summed E-state index contributed by atoms with van der Waals surface area (Å²) in [5.74, 6) is 3.45. The van der Waals surface area contributed by atoms with E-state index >= 15 is 4.39 Å². The molecule has 4 aliphatic rings. The second kappa shape index (κ2) is 15.3. The van der Waals surface area contributed by atoms with Crippen molar-refractivity contribution < 1.29 is 23.0 Å². The van der Waals surface area contributed by atoms with Crippen LogP contribution >= 0.6 is 35.6 Å². The van der Waals surface area contributed by atoms with Gasteiger partial charge in [0.25, 0.3) is 0 Å². The number of terminal acetylenes is 1. The third-order valence-corrected chi connectivity index (χ3v) is 13.5. The molecule has 0 saturated carbocycles. The number of esters is 1. The number of hydrogen-bond donors (Lipinski definition) is 0. The molecule has 5 aromatic rings. The molecular formula is C43H39ClF2N6O3S2. The molecule has 6 heterocycles. The smallest absolute Gasteiger partial charge is 0.319 e. The molecule has 4 saturated heterocycles. The quantitative estimate of drug-likeness (QED) is 0.0656. The van der Waals surface area contributed by atoms with Crippen molar-refractivity contribution in [2.24, 2.45) is 0 Å². The van der Waals surface area contributed by atoms with Gasteiger partial charge in [-0.3, -0.25) is 14.7 Å². The van der Waals surface area contributed by atoms with Gasteiger partial charge in [0.2, 0.25) is 0 Å². The third-order valence-electron chi connectivity index (χ3n) is 11.8. The van der Waals surface area contributed by atoms with Crippen LogP contribution in [0.15, 0.2) is 60.8 Å². The van der Waals surface area contributed by atoms with Crippen molar-refractivity contribution in [2.75, 3.05) is 37.7 Å². The predicted molar refractivity (Wildman–Crippen MR) is 224 cm³/mol. The van der Waals surface area contributed by atoms with Gasteiger partial charge in [-0.15, -0.1) is 6.42 Å². The van der Waals surface area contributed by atoms with Gasteiger partial charge in [-0.1, -0.05) is 65.8 Å². The van der Waals surface area contributed by atoms with Gasteiger partial charge in [-0.2, -0.15) is 9.97 Å². The molecule has 3 aromatic carbocycles. The minimum absolute atomic E-state index is 0.0397. The SMILES string of the molecule is C#Cc1cccc2cc(Cl)cc(-c3ncc4c(N5CC6CCC(C5)N6C(=S)SCc5ccc(OC(C)=O)cc5)nc(OC[C@@]56CCCN5C[C@H](F)C6)nc4c3F)c12. The van der Waals surface area contributed by atoms with Crippen LogP contribution in [0.2, 0.25) is 5.02 Å². The van der Waals surface area contributed by atoms with Gasteiger partial charge in [-0.25, -0.2) is 8.78 Å². The van der Waals surface area contributed by atoms with Gasteiger partial charge in [0.15, 0.2) is 5.82 Å². The van der Waals surface area contributed by atoms with Crippen LogP contribution in [0.25, 0.3) is 32.9 Å². The van der Waals surface area contributed by atoms with Crippen LogP contribution in [-0.4, -0.2) is 91.6 Å². The van der Waals surface area contributed by atoms with Crippen LogP contribution < -0.4 is 14.4 Å². The Morgan fingerprint density at radius 2 is 1.91 bits per heavy atom. The normalized spacial score (nSPS) is 22.9. The number of halogens is 3. The molecule has 292 valence electrons. The molecule has 2 aromatic heterocycles. The number of aromatic nitrogens is 3. The zero-order valence-electron chi connectivity index (χ0n) is 31.2. The lowest BCUT2D eigenvalue weighted by molar-refractivity contribution is -0.131. The number of anilines is 1. The Labute approximate surface area is 344 Å². The van der Waals surface area contributed by atoms with E-state index in [4.69, 9.17) is 54.7 Å². The van der Waals surface area contributed by atoms with Crippen molar-refractivity contribution >= 4 is 73.4 Å². The number of thiocarbonyl (C=S) groups is 1. The maximum atomic E-state index is 17.2. The zero-order chi connectivity index (χ0) is 39.4. The Morgan fingerprint density at radius 1 is 1.12 bits per heavy atom. The molecule has 2 bridgehead atoms. The summed E-state index contributed by atoms with van der Waals surface area (Å²) in [6, 6.07) is 16.7. The summed E-state index contributed by atoms with van der Waals surface area (Å²) in [6.45, 7) is 4.01. The topological polar surface area (TPSA) is 83.9 Å². The largest absolute Gasteiger partial charge is 0.461 e. The lowest BCUT2D eigenvalue weighted by Crippen LogP contribution is -2.55. The summed E-state index contributed by atoms with van der Waals surface area (Å²) in [7, 11) is 0. The van der Waals surface area contributed by atoms with Crippen molar-refractivity contribution in [1.29, 1.82) is 0 Å². The maximum absolute atomic E-state index is 17.2. The molecule has 0 radical (unpaired) electrons. The van der Waals surface area contributed by atoms with Crippen LogP contribution in [0.4, 0.5) is 14.6 Å². The average molecular weight is 825 g/mol. The Hall–Kier alpha value is -4.61. The van der Waals surface area contributed by atoms with Gasteiger partial charge in [0.05, 0.1) is 10.9 Å². The number of thioether (sulfide) groups is 1. The molecule has 0 amide bonds. The Bertz CT molecular complexity index is 2450. The van der Waals surface area contributed by atoms with E-state index in [0.29, 0.717) is 70.3 Å². The van der Waals surface area contributed by atoms with Crippen LogP contribution in [0.5, 0.6) is 11.8 Å². The molecule has 4 fully saturated rings. The van der Waals surface area contributed by atoms with E-state index in [1.165, 1.54) is 6.92 Å². The van der Waals surface area contributed by atoms with E-state index in [9.17, 15) is 9.18 Å². The number of carbonyl (C=O) groups excluding carboxylic acids is 1. The number of ether oxygens (including phenoxy) is 2. The highest BCUT2D eigenvalue weighted by Crippen LogP contribution is 2.43. The number of carbonyl (C=O) groups is 1. The van der Waals surface area contributed by atoms with Gasteiger partial charge in [-0.05, 0) is 73.5 Å². The van der Waals surface area contributed by atoms with E-state index in [2.05, 4.69) is 20.6 Å². The van der Waals surface area contributed by atoms with Gasteiger partial charge >= 0.3 is 12.0 Å². The molecule has 9 nitrogen and oxygen atoms in total. The number of fused-ring (bicyclic) bond motifs is 5. The van der Waals surface area contributed by atoms with Gasteiger partial charge in [0.1, 0.15) is 39.9 Å². The van der Waals surface area contributed by atoms with Crippen LogP contribution in [0.3, 0.4) is 0 Å². The minimum atomic E-state index is -0.919. The summed E-state index contributed by atoms with van der Waals surface area (Å²) in [5.41, 5.74) is 1.83. The van der Waals surface area contributed by atoms with E-state index in [1.807, 2.05) is 30.3 Å². The number of piperazine rings is 1. The van der Waals surface area contributed by atoms with E-state index in [1.54, 1.807) is 42.2 Å². The molecule has 0 N–H and O–H groups in total. The second-order valence-electron chi connectivity index (χ2n) is 15.4. The first-order chi connectivity index (χ1) is 27.6. The number of alkyl halides is 1. The van der Waals surface area contributed by atoms with Gasteiger partial charge in [0, 0.05) is 78.5 Å². The fourth-order valence-electron chi connectivity index (χ4n) is 9.27. The first kappa shape index (κ1) is 37.9. The van der Waals surface area contributed by atoms with Gasteiger partial charge < -0.3 is 19.3 Å². The molecule has 2 unspecified atom stereocenters. The highest BCUT2D eigenvalue weighted by molar-refractivity contribution is 8.22. The Morgan fingerprint density at radius 3 is 2.67 bits per heavy atom. The number of nitrogens with zero attached hydrogens (tertiary/aromatic N) is 6. The summed E-state index contributed by atoms with van der Waals surface area (Å²) in [4.78, 5) is 32.4. The van der Waals surface area contributed by atoms with E-state index in [-0.39, 0.29) is 41.9 Å². The van der Waals surface area contributed by atoms with Crippen molar-refractivity contribution in [2.45, 2.75) is 68.6 Å². The first-order valence-corrected chi connectivity index (χ1v) is 20.9. The van der Waals surface area contributed by atoms with Crippen molar-refractivity contribution in [3.63, 3.8) is 0 Å². The number of hydrogen-bond acceptors (Lipinski definition) is 10. The lowest BCUT2D eigenvalue weighted by atomic mass is 9.95. The first-order valence-electron chi connectivity index (χ1n) is 19.1. The van der Waals surface area contributed by atoms with Crippen LogP contribution in [0.1, 0.15) is 50.2 Å². The van der Waals surface area contributed by atoms with Crippen LogP contribution in [0, 0.1) is 18.2 Å². The highest BCUT2D eigenvalue weighted by Gasteiger charge is 2.49. The second-order valence-corrected chi connectivity index (χ2v) is 17.4. The van der Waals surface area contributed by atoms with Crippen molar-refractivity contribution in [1.82, 2.24) is 24.8 Å². The standard InChI is InChI=1S/C43H39ClF2N6O3S2/c1-3-27-6-4-7-28-16-29(44)17-34(36(27)28)38-37(46)39-35(19-47-38)40(49-41(48-39)54-24-43-14-5-15-51(43)20-30(45)18-43)50-21-31-10-11-32(22-50)52(31)42(56)57-23-26-8-12-33(13-9-26)55-25(2)53/h1,4,6-9,12-13,16-17,19,30-32H,5,10-11,14-15,18,20-24H2,2H3/t30-,31?,32?,43+/m1/s1. The average Bonchev–Trinajstić information content (AvgIpc) is 3.82. The molecule has 57 heavy (non-hydrogen) atoms. The maximum Gasteiger partial charge on any atom is 0.319 e. The van der Waals surface area contributed by atoms with Crippen molar-refractivity contribution in [3.05, 3.63) is 82.8 Å². The summed E-state index contributed by atoms with van der Waals surface area (Å²) in [5, 5.41) is 2.32. The fourth-order valence-corrected chi connectivity index (χ4v) is 10.9. The zero-order valence-corrected chi connectivity index (χ0v) is 33.6. The van der Waals surface area contributed by atoms with E-state index in [0.717, 1.165) is 47.5 Å². The fraction of sp³-hybridized carbons (Fsp3) is 0.372. The monoisotopic (exact) mass is 824 g/mol. The van der Waals surface area contributed by atoms with Crippen LogP contribution in [-0.2, 0) is 10.5 Å². The van der Waals surface area contributed by atoms with Crippen molar-refractivity contribution in [3.8, 4) is 35.4 Å². The third kappa shape index (κ3) is 7.15. The molecule has 9 rings (SSSR count). The minimum Gasteiger partial charge on any atom is -0.461 e. The number of pyridine rings is 1. The Balaban J connectivity index is 1.04. The molecule has 4 aliphatic heterocycles. The summed E-state index contributed by atoms with van der Waals surface area (Å²) in [6.07, 6.45) is 10.7. The highest BCUT2D eigenvalue weighted by atomic mass is 35.5. The molecule has 14 heteroatoms. The lowest BCUT2D eigenvalue weighted by Gasteiger charge is -2.43. The molecule has 0 aliphatic carbocycles. The Kier molecular flexibility index (Phi) is 10.2. The molecular weight excluding hydrogens is 786 g/mol. The number of rotatable bonds is 8.